The van der Waals surface area contributed by atoms with Gasteiger partial charge in [0, 0.05) is 38.1 Å². The standard InChI is InChI=1S/C32H43N3O10S/c1-19(36)35-27-25(37)16-32(30(40)42-2,44-13-7-14-46-15-12-33)45-29(27)28(39)26(38)17-34-31(41)43-18-24-22-10-5-3-8-20(22)21-9-4-6-11-23(21)24/h3-6,8-11,24-29,37-39H,7,12-18,33H2,1-2H3,(H,34,41)(H,35,36)/t25-,26-,27-,28-,29?,32-/m1/s1. The maximum atomic E-state index is 12.9. The fourth-order valence-electron chi connectivity index (χ4n) is 5.86. The molecule has 4 rings (SSSR count). The third-order valence-corrected chi connectivity index (χ3v) is 9.10. The normalized spacial score (nSPS) is 23.5. The van der Waals surface area contributed by atoms with Gasteiger partial charge in [-0.3, -0.25) is 4.79 Å². The Morgan fingerprint density at radius 2 is 1.74 bits per heavy atom. The summed E-state index contributed by atoms with van der Waals surface area (Å²) in [6.07, 6.45) is -7.11. The fraction of sp³-hybridized carbons (Fsp3) is 0.531. The highest BCUT2D eigenvalue weighted by Gasteiger charge is 2.56. The van der Waals surface area contributed by atoms with Crippen LogP contribution in [0.3, 0.4) is 0 Å². The van der Waals surface area contributed by atoms with Gasteiger partial charge in [0.1, 0.15) is 18.8 Å². The van der Waals surface area contributed by atoms with Gasteiger partial charge in [-0.05, 0) is 34.4 Å². The number of aliphatic hydroxyl groups is 3. The fourth-order valence-corrected chi connectivity index (χ4v) is 6.55. The molecule has 1 saturated heterocycles. The molecule has 1 aliphatic heterocycles. The first-order valence-electron chi connectivity index (χ1n) is 15.2. The van der Waals surface area contributed by atoms with Crippen molar-refractivity contribution in [2.75, 3.05) is 44.9 Å². The van der Waals surface area contributed by atoms with Gasteiger partial charge in [-0.1, -0.05) is 48.5 Å². The first-order chi connectivity index (χ1) is 22.1. The lowest BCUT2D eigenvalue weighted by Crippen LogP contribution is -2.68. The molecule has 0 saturated carbocycles. The molecule has 0 bridgehead atoms. The zero-order valence-electron chi connectivity index (χ0n) is 25.9. The van der Waals surface area contributed by atoms with E-state index in [1.54, 1.807) is 11.8 Å². The molecule has 46 heavy (non-hydrogen) atoms. The molecule has 0 spiro atoms. The van der Waals surface area contributed by atoms with E-state index in [-0.39, 0.29) is 19.1 Å². The molecule has 13 nitrogen and oxygen atoms in total. The van der Waals surface area contributed by atoms with E-state index >= 15 is 0 Å². The smallest absolute Gasteiger partial charge is 0.407 e. The Labute approximate surface area is 272 Å². The average Bonchev–Trinajstić information content (AvgIpc) is 3.37. The SMILES string of the molecule is COC(=O)[C@@]1(OCCCSCCN)C[C@@H](O)[C@@H](NC(C)=O)C([C@H](O)[C@H](O)CNC(=O)OCC2c3ccccc3-c3ccccc32)O1. The Morgan fingerprint density at radius 3 is 2.35 bits per heavy atom. The molecule has 2 aromatic rings. The van der Waals surface area contributed by atoms with Crippen LogP contribution in [-0.4, -0.2) is 114 Å². The van der Waals surface area contributed by atoms with E-state index in [1.807, 2.05) is 48.5 Å². The molecule has 0 radical (unpaired) electrons. The number of nitrogens with one attached hydrogen (secondary N) is 2. The van der Waals surface area contributed by atoms with Crippen molar-refractivity contribution in [1.82, 2.24) is 10.6 Å². The van der Waals surface area contributed by atoms with E-state index in [0.717, 1.165) is 35.1 Å². The molecule has 14 heteroatoms. The van der Waals surface area contributed by atoms with Crippen LogP contribution < -0.4 is 16.4 Å². The van der Waals surface area contributed by atoms with Gasteiger partial charge >= 0.3 is 12.1 Å². The van der Waals surface area contributed by atoms with E-state index in [1.165, 1.54) is 6.92 Å². The number of hydrogen-bond donors (Lipinski definition) is 6. The monoisotopic (exact) mass is 661 g/mol. The van der Waals surface area contributed by atoms with Crippen LogP contribution in [-0.2, 0) is 28.5 Å². The lowest BCUT2D eigenvalue weighted by Gasteiger charge is -2.47. The van der Waals surface area contributed by atoms with Crippen molar-refractivity contribution in [2.45, 2.75) is 61.9 Å². The number of carbonyl (C=O) groups excluding carboxylic acids is 3. The number of alkyl carbamates (subject to hydrolysis) is 1. The second-order valence-corrected chi connectivity index (χ2v) is 12.4. The molecule has 1 unspecified atom stereocenters. The number of esters is 1. The lowest BCUT2D eigenvalue weighted by atomic mass is 9.88. The van der Waals surface area contributed by atoms with E-state index in [4.69, 9.17) is 24.7 Å². The van der Waals surface area contributed by atoms with Gasteiger partial charge in [-0.15, -0.1) is 0 Å². The van der Waals surface area contributed by atoms with Gasteiger partial charge in [0.25, 0.3) is 5.79 Å². The number of aliphatic hydroxyl groups excluding tert-OH is 3. The van der Waals surface area contributed by atoms with Crippen LogP contribution in [0.4, 0.5) is 4.79 Å². The summed E-state index contributed by atoms with van der Waals surface area (Å²) >= 11 is 1.61. The van der Waals surface area contributed by atoms with Crippen molar-refractivity contribution in [2.24, 2.45) is 5.73 Å². The van der Waals surface area contributed by atoms with Crippen LogP contribution in [0.15, 0.2) is 48.5 Å². The molecule has 2 aromatic carbocycles. The van der Waals surface area contributed by atoms with E-state index in [0.29, 0.717) is 18.7 Å². The summed E-state index contributed by atoms with van der Waals surface area (Å²) in [5.74, 6) is -2.34. The van der Waals surface area contributed by atoms with E-state index in [2.05, 4.69) is 10.6 Å². The zero-order valence-corrected chi connectivity index (χ0v) is 26.7. The summed E-state index contributed by atoms with van der Waals surface area (Å²) in [4.78, 5) is 37.6. The van der Waals surface area contributed by atoms with Crippen LogP contribution in [0.25, 0.3) is 11.1 Å². The highest BCUT2D eigenvalue weighted by Crippen LogP contribution is 2.44. The van der Waals surface area contributed by atoms with E-state index in [9.17, 15) is 29.7 Å². The zero-order chi connectivity index (χ0) is 33.3. The molecule has 1 heterocycles. The Balaban J connectivity index is 1.39. The number of thioether (sulfide) groups is 1. The molecule has 2 aliphatic rings. The summed E-state index contributed by atoms with van der Waals surface area (Å²) in [6.45, 7) is 1.37. The van der Waals surface area contributed by atoms with Crippen molar-refractivity contribution in [3.63, 3.8) is 0 Å². The van der Waals surface area contributed by atoms with Crippen LogP contribution in [0.1, 0.15) is 36.8 Å². The van der Waals surface area contributed by atoms with Crippen molar-refractivity contribution in [3.05, 3.63) is 59.7 Å². The van der Waals surface area contributed by atoms with Crippen molar-refractivity contribution >= 4 is 29.7 Å². The number of benzene rings is 2. The highest BCUT2D eigenvalue weighted by atomic mass is 32.2. The maximum absolute atomic E-state index is 12.9. The van der Waals surface area contributed by atoms with Crippen molar-refractivity contribution in [1.29, 1.82) is 0 Å². The second-order valence-electron chi connectivity index (χ2n) is 11.2. The van der Waals surface area contributed by atoms with Crippen molar-refractivity contribution < 1.29 is 48.7 Å². The second kappa shape index (κ2) is 16.5. The molecule has 6 atom stereocenters. The number of nitrogens with two attached hydrogens (primary N) is 1. The molecular formula is C32H43N3O10S. The third-order valence-electron chi connectivity index (χ3n) is 8.00. The Kier molecular flexibility index (Phi) is 12.8. The van der Waals surface area contributed by atoms with Gasteiger partial charge in [0.15, 0.2) is 0 Å². The predicted molar refractivity (Wildman–Crippen MR) is 170 cm³/mol. The number of rotatable bonds is 15. The molecule has 1 fully saturated rings. The summed E-state index contributed by atoms with van der Waals surface area (Å²) in [6, 6.07) is 14.6. The molecule has 7 N–H and O–H groups in total. The average molecular weight is 662 g/mol. The molecular weight excluding hydrogens is 618 g/mol. The third kappa shape index (κ3) is 8.37. The first-order valence-corrected chi connectivity index (χ1v) is 16.4. The summed E-state index contributed by atoms with van der Waals surface area (Å²) < 4.78 is 22.2. The largest absolute Gasteiger partial charge is 0.465 e. The molecule has 252 valence electrons. The molecule has 1 aliphatic carbocycles. The number of fused-ring (bicyclic) bond motifs is 3. The Bertz CT molecular complexity index is 1300. The van der Waals surface area contributed by atoms with Crippen molar-refractivity contribution in [3.8, 4) is 11.1 Å². The van der Waals surface area contributed by atoms with Crippen LogP contribution in [0.5, 0.6) is 0 Å². The Hall–Kier alpha value is -3.24. The summed E-state index contributed by atoms with van der Waals surface area (Å²) in [7, 11) is 1.12. The van der Waals surface area contributed by atoms with Gasteiger partial charge < -0.3 is 50.6 Å². The summed E-state index contributed by atoms with van der Waals surface area (Å²) in [5.41, 5.74) is 9.74. The Morgan fingerprint density at radius 1 is 1.09 bits per heavy atom. The lowest BCUT2D eigenvalue weighted by molar-refractivity contribution is -0.311. The summed E-state index contributed by atoms with van der Waals surface area (Å²) in [5, 5.41) is 38.1. The minimum Gasteiger partial charge on any atom is -0.465 e. The van der Waals surface area contributed by atoms with Crippen LogP contribution in [0.2, 0.25) is 0 Å². The number of carbonyl (C=O) groups is 3. The van der Waals surface area contributed by atoms with Gasteiger partial charge in [0.05, 0.1) is 32.0 Å². The van der Waals surface area contributed by atoms with Gasteiger partial charge in [0.2, 0.25) is 5.91 Å². The number of ether oxygens (including phenoxy) is 4. The van der Waals surface area contributed by atoms with Crippen LogP contribution >= 0.6 is 11.8 Å². The molecule has 2 amide bonds. The predicted octanol–water partition coefficient (Wildman–Crippen LogP) is 0.869. The topological polar surface area (TPSA) is 199 Å². The number of hydrogen-bond acceptors (Lipinski definition) is 12. The molecule has 0 aromatic heterocycles. The number of methoxy groups -OCH3 is 1. The van der Waals surface area contributed by atoms with Gasteiger partial charge in [-0.25, -0.2) is 9.59 Å². The van der Waals surface area contributed by atoms with Crippen LogP contribution in [0, 0.1) is 0 Å². The highest BCUT2D eigenvalue weighted by molar-refractivity contribution is 7.99. The van der Waals surface area contributed by atoms with E-state index < -0.39 is 67.2 Å². The first kappa shape index (κ1) is 35.6. The minimum atomic E-state index is -2.12. The quantitative estimate of drug-likeness (QED) is 0.117. The maximum Gasteiger partial charge on any atom is 0.407 e. The van der Waals surface area contributed by atoms with Gasteiger partial charge in [-0.2, -0.15) is 11.8 Å². The number of amides is 2. The minimum absolute atomic E-state index is 0.0464.